The highest BCUT2D eigenvalue weighted by Crippen LogP contribution is 2.31. The van der Waals surface area contributed by atoms with Crippen LogP contribution in [0.15, 0.2) is 18.2 Å². The first-order valence-electron chi connectivity index (χ1n) is 6.46. The minimum atomic E-state index is -0.140. The Balaban J connectivity index is 2.92. The number of rotatable bonds is 6. The van der Waals surface area contributed by atoms with Crippen LogP contribution in [0, 0.1) is 18.2 Å². The minimum absolute atomic E-state index is 0.140. The van der Waals surface area contributed by atoms with Crippen LogP contribution in [0.4, 0.5) is 4.39 Å². The van der Waals surface area contributed by atoms with E-state index >= 15 is 0 Å². The highest BCUT2D eigenvalue weighted by atomic mass is 19.1. The molecule has 0 bridgehead atoms. The number of halogens is 1. The molecule has 0 amide bonds. The highest BCUT2D eigenvalue weighted by Gasteiger charge is 2.26. The van der Waals surface area contributed by atoms with E-state index in [-0.39, 0.29) is 11.2 Å². The Hall–Kier alpha value is -0.890. The number of aryl methyl sites for hydroxylation is 1. The molecule has 1 aromatic carbocycles. The molecule has 96 valence electrons. The monoisotopic (exact) mass is 237 g/mol. The number of nitrogens with one attached hydrogen (secondary N) is 1. The van der Waals surface area contributed by atoms with Crippen molar-refractivity contribution in [3.05, 3.63) is 35.1 Å². The van der Waals surface area contributed by atoms with Crippen LogP contribution < -0.4 is 5.32 Å². The summed E-state index contributed by atoms with van der Waals surface area (Å²) >= 11 is 0. The van der Waals surface area contributed by atoms with Crippen molar-refractivity contribution in [3.8, 4) is 0 Å². The first-order chi connectivity index (χ1) is 8.06. The van der Waals surface area contributed by atoms with Crippen LogP contribution in [0.25, 0.3) is 0 Å². The second-order valence-corrected chi connectivity index (χ2v) is 4.99. The van der Waals surface area contributed by atoms with Crippen molar-refractivity contribution < 1.29 is 4.39 Å². The molecule has 1 aromatic rings. The van der Waals surface area contributed by atoms with E-state index in [1.54, 1.807) is 12.1 Å². The van der Waals surface area contributed by atoms with Gasteiger partial charge >= 0.3 is 0 Å². The van der Waals surface area contributed by atoms with E-state index in [0.717, 1.165) is 31.4 Å². The lowest BCUT2D eigenvalue weighted by Crippen LogP contribution is -2.33. The normalized spacial score (nSPS) is 11.8. The fraction of sp³-hybridized carbons (Fsp3) is 0.600. The van der Waals surface area contributed by atoms with Crippen LogP contribution >= 0.6 is 0 Å². The van der Waals surface area contributed by atoms with Crippen molar-refractivity contribution in [2.75, 3.05) is 13.6 Å². The van der Waals surface area contributed by atoms with Gasteiger partial charge in [-0.05, 0) is 61.9 Å². The molecule has 1 rings (SSSR count). The van der Waals surface area contributed by atoms with Crippen molar-refractivity contribution in [1.29, 1.82) is 0 Å². The third kappa shape index (κ3) is 3.53. The molecule has 0 aliphatic rings. The maximum Gasteiger partial charge on any atom is 0.123 e. The molecule has 1 N–H and O–H groups in total. The van der Waals surface area contributed by atoms with Gasteiger partial charge in [0.25, 0.3) is 0 Å². The summed E-state index contributed by atoms with van der Waals surface area (Å²) < 4.78 is 13.1. The van der Waals surface area contributed by atoms with E-state index < -0.39 is 0 Å². The summed E-state index contributed by atoms with van der Waals surface area (Å²) in [6, 6.07) is 5.13. The molecular formula is C15H24FN. The third-order valence-electron chi connectivity index (χ3n) is 3.92. The summed E-state index contributed by atoms with van der Waals surface area (Å²) in [6.07, 6.45) is 3.30. The first-order valence-corrected chi connectivity index (χ1v) is 6.46. The Morgan fingerprint density at radius 3 is 2.35 bits per heavy atom. The molecule has 0 saturated carbocycles. The van der Waals surface area contributed by atoms with Gasteiger partial charge in [0.05, 0.1) is 0 Å². The predicted octanol–water partition coefficient (Wildman–Crippen LogP) is 3.70. The van der Waals surface area contributed by atoms with E-state index in [4.69, 9.17) is 0 Å². The standard InChI is InChI=1S/C15H24FN/c1-5-15(6-2,11-17-4)10-13-7-8-14(16)9-12(13)3/h7-9,17H,5-6,10-11H2,1-4H3. The third-order valence-corrected chi connectivity index (χ3v) is 3.92. The summed E-state index contributed by atoms with van der Waals surface area (Å²) in [5.74, 6) is -0.140. The molecule has 0 unspecified atom stereocenters. The van der Waals surface area contributed by atoms with Crippen molar-refractivity contribution in [1.82, 2.24) is 5.32 Å². The van der Waals surface area contributed by atoms with Crippen LogP contribution in [0.2, 0.25) is 0 Å². The van der Waals surface area contributed by atoms with E-state index in [0.29, 0.717) is 0 Å². The molecule has 2 heteroatoms. The van der Waals surface area contributed by atoms with Gasteiger partial charge in [0, 0.05) is 6.54 Å². The van der Waals surface area contributed by atoms with Gasteiger partial charge < -0.3 is 5.32 Å². The smallest absolute Gasteiger partial charge is 0.123 e. The second kappa shape index (κ2) is 6.15. The predicted molar refractivity (Wildman–Crippen MR) is 71.8 cm³/mol. The number of hydrogen-bond donors (Lipinski definition) is 1. The first kappa shape index (κ1) is 14.2. The van der Waals surface area contributed by atoms with Crippen LogP contribution in [0.3, 0.4) is 0 Å². The van der Waals surface area contributed by atoms with Crippen LogP contribution in [0.5, 0.6) is 0 Å². The van der Waals surface area contributed by atoms with Crippen LogP contribution in [-0.2, 0) is 6.42 Å². The average molecular weight is 237 g/mol. The lowest BCUT2D eigenvalue weighted by Gasteiger charge is -2.32. The van der Waals surface area contributed by atoms with Gasteiger partial charge in [-0.1, -0.05) is 19.9 Å². The van der Waals surface area contributed by atoms with Crippen LogP contribution in [0.1, 0.15) is 37.8 Å². The van der Waals surface area contributed by atoms with Gasteiger partial charge in [-0.2, -0.15) is 0 Å². The van der Waals surface area contributed by atoms with Gasteiger partial charge in [-0.25, -0.2) is 4.39 Å². The zero-order chi connectivity index (χ0) is 12.9. The average Bonchev–Trinajstić information content (AvgIpc) is 2.32. The summed E-state index contributed by atoms with van der Waals surface area (Å²) in [5, 5.41) is 3.29. The fourth-order valence-electron chi connectivity index (χ4n) is 2.45. The van der Waals surface area contributed by atoms with E-state index in [1.807, 2.05) is 20.0 Å². The maximum absolute atomic E-state index is 13.1. The second-order valence-electron chi connectivity index (χ2n) is 4.99. The molecule has 0 spiro atoms. The molecule has 0 atom stereocenters. The lowest BCUT2D eigenvalue weighted by molar-refractivity contribution is 0.252. The summed E-state index contributed by atoms with van der Waals surface area (Å²) in [4.78, 5) is 0. The molecule has 0 aliphatic carbocycles. The molecule has 0 radical (unpaired) electrons. The fourth-order valence-corrected chi connectivity index (χ4v) is 2.45. The molecular weight excluding hydrogens is 213 g/mol. The Labute approximate surface area is 104 Å². The van der Waals surface area contributed by atoms with Gasteiger partial charge in [-0.15, -0.1) is 0 Å². The Morgan fingerprint density at radius 1 is 1.24 bits per heavy atom. The van der Waals surface area contributed by atoms with Gasteiger partial charge in [-0.3, -0.25) is 0 Å². The molecule has 17 heavy (non-hydrogen) atoms. The SMILES string of the molecule is CCC(CC)(CNC)Cc1ccc(F)cc1C. The molecule has 0 aliphatic heterocycles. The molecule has 0 heterocycles. The summed E-state index contributed by atoms with van der Waals surface area (Å²) in [6.45, 7) is 7.48. The molecule has 0 fully saturated rings. The lowest BCUT2D eigenvalue weighted by atomic mass is 9.76. The summed E-state index contributed by atoms with van der Waals surface area (Å²) in [7, 11) is 2.00. The van der Waals surface area contributed by atoms with Gasteiger partial charge in [0.15, 0.2) is 0 Å². The largest absolute Gasteiger partial charge is 0.319 e. The molecule has 0 saturated heterocycles. The van der Waals surface area contributed by atoms with Crippen LogP contribution in [-0.4, -0.2) is 13.6 Å². The van der Waals surface area contributed by atoms with Crippen molar-refractivity contribution in [2.45, 2.75) is 40.0 Å². The minimum Gasteiger partial charge on any atom is -0.319 e. The van der Waals surface area contributed by atoms with E-state index in [9.17, 15) is 4.39 Å². The van der Waals surface area contributed by atoms with Gasteiger partial charge in [0.1, 0.15) is 5.82 Å². The quantitative estimate of drug-likeness (QED) is 0.795. The zero-order valence-electron chi connectivity index (χ0n) is 11.4. The highest BCUT2D eigenvalue weighted by molar-refractivity contribution is 5.27. The van der Waals surface area contributed by atoms with E-state index in [2.05, 4.69) is 19.2 Å². The zero-order valence-corrected chi connectivity index (χ0v) is 11.4. The molecule has 1 nitrogen and oxygen atoms in total. The Bertz CT molecular complexity index is 356. The number of hydrogen-bond acceptors (Lipinski definition) is 1. The topological polar surface area (TPSA) is 12.0 Å². The Kier molecular flexibility index (Phi) is 5.13. The maximum atomic E-state index is 13.1. The van der Waals surface area contributed by atoms with Crippen molar-refractivity contribution >= 4 is 0 Å². The van der Waals surface area contributed by atoms with Crippen molar-refractivity contribution in [3.63, 3.8) is 0 Å². The van der Waals surface area contributed by atoms with Gasteiger partial charge in [0.2, 0.25) is 0 Å². The summed E-state index contributed by atoms with van der Waals surface area (Å²) in [5.41, 5.74) is 2.62. The van der Waals surface area contributed by atoms with E-state index in [1.165, 1.54) is 5.56 Å². The Morgan fingerprint density at radius 2 is 1.88 bits per heavy atom. The number of benzene rings is 1. The van der Waals surface area contributed by atoms with Crippen molar-refractivity contribution in [2.24, 2.45) is 5.41 Å². The molecule has 0 aromatic heterocycles.